The van der Waals surface area contributed by atoms with Crippen molar-refractivity contribution in [1.29, 1.82) is 0 Å². The van der Waals surface area contributed by atoms with Crippen LogP contribution in [0.5, 0.6) is 0 Å². The highest BCUT2D eigenvalue weighted by molar-refractivity contribution is 5.96. The van der Waals surface area contributed by atoms with Gasteiger partial charge in [-0.15, -0.1) is 0 Å². The molecule has 1 amide bonds. The van der Waals surface area contributed by atoms with Crippen LogP contribution in [0.1, 0.15) is 65.4 Å². The van der Waals surface area contributed by atoms with Gasteiger partial charge in [0.15, 0.2) is 5.82 Å². The first kappa shape index (κ1) is 20.4. The van der Waals surface area contributed by atoms with Crippen molar-refractivity contribution in [2.45, 2.75) is 66.8 Å². The molecular weight excluding hydrogens is 302 g/mol. The monoisotopic (exact) mass is 335 g/mol. The third-order valence-electron chi connectivity index (χ3n) is 3.88. The second kappa shape index (κ2) is 9.57. The lowest BCUT2D eigenvalue weighted by Gasteiger charge is -2.36. The first-order chi connectivity index (χ1) is 11.6. The molecule has 2 N–H and O–H groups in total. The summed E-state index contributed by atoms with van der Waals surface area (Å²) in [6, 6.07) is 0.180. The van der Waals surface area contributed by atoms with E-state index in [1.165, 1.54) is 0 Å². The lowest BCUT2D eigenvalue weighted by Crippen LogP contribution is -2.52. The number of aryl methyl sites for hydroxylation is 1. The smallest absolute Gasteiger partial charge is 0.226 e. The molecule has 3 heterocycles. The third-order valence-corrected chi connectivity index (χ3v) is 3.88. The van der Waals surface area contributed by atoms with Gasteiger partial charge in [0.25, 0.3) is 0 Å². The van der Waals surface area contributed by atoms with Crippen molar-refractivity contribution in [2.75, 3.05) is 29.9 Å². The highest BCUT2D eigenvalue weighted by atomic mass is 16.1. The standard InChI is InChI=1S/C14H21N5O.2C2H6/c1-8(2)12-13-14(17-9(3)16-12)19-5-4-15-7-10(19)6-11(20)18-13;2*1-2/h8,10,15H,4-7H2,1-3H3,(H,18,20);2*1-2H3. The van der Waals surface area contributed by atoms with Crippen molar-refractivity contribution in [1.82, 2.24) is 15.3 Å². The van der Waals surface area contributed by atoms with E-state index in [1.807, 2.05) is 34.6 Å². The number of fused-ring (bicyclic) bond motifs is 3. The van der Waals surface area contributed by atoms with Gasteiger partial charge >= 0.3 is 0 Å². The van der Waals surface area contributed by atoms with Crippen LogP contribution < -0.4 is 15.5 Å². The fourth-order valence-electron chi connectivity index (χ4n) is 2.95. The molecule has 0 spiro atoms. The van der Waals surface area contributed by atoms with Gasteiger partial charge in [0.05, 0.1) is 11.7 Å². The van der Waals surface area contributed by atoms with Gasteiger partial charge in [0, 0.05) is 26.1 Å². The van der Waals surface area contributed by atoms with Crippen LogP contribution in [-0.4, -0.2) is 41.6 Å². The summed E-state index contributed by atoms with van der Waals surface area (Å²) in [6.07, 6.45) is 0.500. The van der Waals surface area contributed by atoms with Crippen LogP contribution in [0.2, 0.25) is 0 Å². The summed E-state index contributed by atoms with van der Waals surface area (Å²) in [5, 5.41) is 6.37. The summed E-state index contributed by atoms with van der Waals surface area (Å²) in [6.45, 7) is 16.7. The molecule has 1 saturated heterocycles. The average molecular weight is 335 g/mol. The van der Waals surface area contributed by atoms with E-state index in [-0.39, 0.29) is 17.9 Å². The van der Waals surface area contributed by atoms with E-state index in [4.69, 9.17) is 0 Å². The number of carbonyl (C=O) groups excluding carboxylic acids is 1. The Labute approximate surface area is 146 Å². The van der Waals surface area contributed by atoms with Crippen LogP contribution >= 0.6 is 0 Å². The topological polar surface area (TPSA) is 70.2 Å². The van der Waals surface area contributed by atoms with E-state index in [1.54, 1.807) is 0 Å². The zero-order valence-corrected chi connectivity index (χ0v) is 16.2. The Bertz CT molecular complexity index is 544. The summed E-state index contributed by atoms with van der Waals surface area (Å²) >= 11 is 0. The van der Waals surface area contributed by atoms with Crippen molar-refractivity contribution in [2.24, 2.45) is 0 Å². The fourth-order valence-corrected chi connectivity index (χ4v) is 2.95. The van der Waals surface area contributed by atoms with E-state index in [2.05, 4.69) is 39.3 Å². The quantitative estimate of drug-likeness (QED) is 0.825. The minimum Gasteiger partial charge on any atom is -0.349 e. The molecule has 1 fully saturated rings. The number of anilines is 2. The first-order valence-corrected chi connectivity index (χ1v) is 9.22. The maximum Gasteiger partial charge on any atom is 0.226 e. The molecule has 24 heavy (non-hydrogen) atoms. The molecule has 0 radical (unpaired) electrons. The maximum absolute atomic E-state index is 12.1. The molecule has 0 saturated carbocycles. The second-order valence-electron chi connectivity index (χ2n) is 5.81. The largest absolute Gasteiger partial charge is 0.349 e. The van der Waals surface area contributed by atoms with Gasteiger partial charge in [-0.3, -0.25) is 4.79 Å². The summed E-state index contributed by atoms with van der Waals surface area (Å²) in [5.41, 5.74) is 1.74. The number of nitrogens with zero attached hydrogens (tertiary/aromatic N) is 3. The Hall–Kier alpha value is -1.69. The van der Waals surface area contributed by atoms with Crippen molar-refractivity contribution in [3.05, 3.63) is 11.5 Å². The highest BCUT2D eigenvalue weighted by Crippen LogP contribution is 2.35. The molecule has 2 aliphatic rings. The summed E-state index contributed by atoms with van der Waals surface area (Å²) in [5.74, 6) is 1.96. The van der Waals surface area contributed by atoms with Crippen molar-refractivity contribution in [3.8, 4) is 0 Å². The van der Waals surface area contributed by atoms with E-state index in [9.17, 15) is 4.79 Å². The molecule has 0 aliphatic carbocycles. The van der Waals surface area contributed by atoms with Gasteiger partial charge in [0.1, 0.15) is 11.5 Å². The zero-order valence-electron chi connectivity index (χ0n) is 16.2. The van der Waals surface area contributed by atoms with Crippen LogP contribution in [0.25, 0.3) is 0 Å². The first-order valence-electron chi connectivity index (χ1n) is 9.22. The molecule has 6 nitrogen and oxygen atoms in total. The molecule has 0 bridgehead atoms. The molecule has 1 aromatic rings. The third kappa shape index (κ3) is 4.44. The SMILES string of the molecule is CC.CC.Cc1nc(C(C)C)c2c(n1)N1CCNCC1CC(=O)N2. The number of hydrogen-bond acceptors (Lipinski definition) is 5. The predicted octanol–water partition coefficient (Wildman–Crippen LogP) is 3.08. The normalized spacial score (nSPS) is 18.9. The minimum atomic E-state index is 0.0526. The van der Waals surface area contributed by atoms with Crippen LogP contribution in [-0.2, 0) is 4.79 Å². The maximum atomic E-state index is 12.1. The fraction of sp³-hybridized carbons (Fsp3) is 0.722. The van der Waals surface area contributed by atoms with Gasteiger partial charge in [-0.2, -0.15) is 0 Å². The van der Waals surface area contributed by atoms with E-state index >= 15 is 0 Å². The molecule has 0 aromatic carbocycles. The summed E-state index contributed by atoms with van der Waals surface area (Å²) in [7, 11) is 0. The Balaban J connectivity index is 0.000000671. The Morgan fingerprint density at radius 2 is 1.83 bits per heavy atom. The minimum absolute atomic E-state index is 0.0526. The highest BCUT2D eigenvalue weighted by Gasteiger charge is 2.33. The van der Waals surface area contributed by atoms with E-state index in [0.29, 0.717) is 6.42 Å². The van der Waals surface area contributed by atoms with Crippen molar-refractivity contribution in [3.63, 3.8) is 0 Å². The lowest BCUT2D eigenvalue weighted by atomic mass is 10.1. The number of carbonyl (C=O) groups is 1. The van der Waals surface area contributed by atoms with Crippen LogP contribution in [0.4, 0.5) is 11.5 Å². The predicted molar refractivity (Wildman–Crippen MR) is 101 cm³/mol. The van der Waals surface area contributed by atoms with Crippen LogP contribution in [0.15, 0.2) is 0 Å². The van der Waals surface area contributed by atoms with Crippen molar-refractivity contribution >= 4 is 17.4 Å². The van der Waals surface area contributed by atoms with Crippen LogP contribution in [0.3, 0.4) is 0 Å². The number of nitrogens with one attached hydrogen (secondary N) is 2. The number of hydrogen-bond donors (Lipinski definition) is 2. The molecular formula is C18H33N5O. The van der Waals surface area contributed by atoms with Gasteiger partial charge in [0.2, 0.25) is 5.91 Å². The molecule has 1 atom stereocenters. The zero-order chi connectivity index (χ0) is 18.3. The van der Waals surface area contributed by atoms with Gasteiger partial charge < -0.3 is 15.5 Å². The average Bonchev–Trinajstić information content (AvgIpc) is 2.73. The molecule has 3 rings (SSSR count). The Morgan fingerprint density at radius 1 is 1.17 bits per heavy atom. The second-order valence-corrected chi connectivity index (χ2v) is 5.81. The molecule has 2 aliphatic heterocycles. The molecule has 1 aromatic heterocycles. The van der Waals surface area contributed by atoms with Crippen molar-refractivity contribution < 1.29 is 4.79 Å². The summed E-state index contributed by atoms with van der Waals surface area (Å²) < 4.78 is 0. The number of rotatable bonds is 1. The number of aromatic nitrogens is 2. The van der Waals surface area contributed by atoms with E-state index < -0.39 is 0 Å². The van der Waals surface area contributed by atoms with Gasteiger partial charge in [-0.05, 0) is 12.8 Å². The molecule has 1 unspecified atom stereocenters. The Morgan fingerprint density at radius 3 is 2.46 bits per heavy atom. The number of piperazine rings is 1. The number of amides is 1. The summed E-state index contributed by atoms with van der Waals surface area (Å²) in [4.78, 5) is 23.5. The lowest BCUT2D eigenvalue weighted by molar-refractivity contribution is -0.116. The molecule has 6 heteroatoms. The van der Waals surface area contributed by atoms with Crippen LogP contribution in [0, 0.1) is 6.92 Å². The molecule has 136 valence electrons. The Kier molecular flexibility index (Phi) is 8.11. The van der Waals surface area contributed by atoms with Gasteiger partial charge in [-0.1, -0.05) is 41.5 Å². The van der Waals surface area contributed by atoms with E-state index in [0.717, 1.165) is 42.7 Å². The van der Waals surface area contributed by atoms with Gasteiger partial charge in [-0.25, -0.2) is 9.97 Å².